The number of ether oxygens (including phenoxy) is 1. The molecule has 0 N–H and O–H groups in total. The largest absolute Gasteiger partial charge is 0.459 e. The second-order valence-electron chi connectivity index (χ2n) is 6.29. The number of hydrogen-bond acceptors (Lipinski definition) is 6. The first kappa shape index (κ1) is 20.0. The Morgan fingerprint density at radius 3 is 2.33 bits per heavy atom. The van der Waals surface area contributed by atoms with Gasteiger partial charge in [0.2, 0.25) is 15.9 Å². The van der Waals surface area contributed by atoms with Crippen LogP contribution < -0.4 is 0 Å². The van der Waals surface area contributed by atoms with Gasteiger partial charge in [0.15, 0.2) is 0 Å². The van der Waals surface area contributed by atoms with E-state index in [1.165, 1.54) is 38.6 Å². The molecule has 0 saturated heterocycles. The molecule has 0 aliphatic carbocycles. The highest BCUT2D eigenvalue weighted by molar-refractivity contribution is 7.89. The van der Waals surface area contributed by atoms with E-state index in [0.29, 0.717) is 0 Å². The van der Waals surface area contributed by atoms with Crippen molar-refractivity contribution in [2.24, 2.45) is 0 Å². The van der Waals surface area contributed by atoms with Gasteiger partial charge in [-0.2, -0.15) is 4.31 Å². The predicted octanol–water partition coefficient (Wildman–Crippen LogP) is 0.502. The summed E-state index contributed by atoms with van der Waals surface area (Å²) in [5.74, 6) is -1.08. The van der Waals surface area contributed by atoms with Crippen molar-refractivity contribution < 1.29 is 22.7 Å². The molecule has 0 saturated carbocycles. The number of carbonyl (C=O) groups is 2. The Hall–Kier alpha value is -2.00. The highest BCUT2D eigenvalue weighted by Gasteiger charge is 2.26. The van der Waals surface area contributed by atoms with Gasteiger partial charge in [0, 0.05) is 26.5 Å². The normalized spacial score (nSPS) is 12.1. The van der Waals surface area contributed by atoms with Crippen LogP contribution in [0.3, 0.4) is 0 Å². The maximum atomic E-state index is 12.3. The van der Waals surface area contributed by atoms with Crippen LogP contribution in [0.25, 0.3) is 0 Å². The van der Waals surface area contributed by atoms with Crippen molar-refractivity contribution in [1.82, 2.24) is 14.2 Å². The van der Waals surface area contributed by atoms with E-state index in [1.54, 1.807) is 20.8 Å². The van der Waals surface area contributed by atoms with Crippen LogP contribution in [-0.2, 0) is 24.3 Å². The molecule has 0 aromatic carbocycles. The quantitative estimate of drug-likeness (QED) is 0.688. The van der Waals surface area contributed by atoms with Crippen LogP contribution in [0.15, 0.2) is 29.4 Å². The molecule has 9 heteroatoms. The van der Waals surface area contributed by atoms with Gasteiger partial charge < -0.3 is 9.64 Å². The van der Waals surface area contributed by atoms with Crippen molar-refractivity contribution in [2.75, 3.05) is 27.2 Å². The first-order valence-electron chi connectivity index (χ1n) is 7.25. The molecule has 24 heavy (non-hydrogen) atoms. The summed E-state index contributed by atoms with van der Waals surface area (Å²) in [6.45, 7) is 4.52. The van der Waals surface area contributed by atoms with Crippen molar-refractivity contribution in [2.45, 2.75) is 31.3 Å². The predicted molar refractivity (Wildman–Crippen MR) is 87.5 cm³/mol. The number of nitrogens with zero attached hydrogens (tertiary/aromatic N) is 3. The zero-order chi connectivity index (χ0) is 18.5. The lowest BCUT2D eigenvalue weighted by atomic mass is 10.2. The Balaban J connectivity index is 2.68. The molecular weight excluding hydrogens is 334 g/mol. The number of rotatable bonds is 6. The average Bonchev–Trinajstić information content (AvgIpc) is 2.45. The molecule has 0 radical (unpaired) electrons. The van der Waals surface area contributed by atoms with Crippen molar-refractivity contribution in [3.8, 4) is 0 Å². The molecule has 0 aliphatic heterocycles. The van der Waals surface area contributed by atoms with Crippen molar-refractivity contribution in [1.29, 1.82) is 0 Å². The summed E-state index contributed by atoms with van der Waals surface area (Å²) in [7, 11) is -1.11. The third-order valence-corrected chi connectivity index (χ3v) is 4.70. The maximum Gasteiger partial charge on any atom is 0.326 e. The van der Waals surface area contributed by atoms with Gasteiger partial charge in [-0.1, -0.05) is 0 Å². The number of pyridine rings is 1. The molecular formula is C15H23N3O5S. The summed E-state index contributed by atoms with van der Waals surface area (Å²) in [6.07, 6.45) is 2.67. The van der Waals surface area contributed by atoms with Crippen LogP contribution in [0.2, 0.25) is 0 Å². The molecule has 1 amide bonds. The number of amides is 1. The fourth-order valence-corrected chi connectivity index (χ4v) is 2.82. The van der Waals surface area contributed by atoms with Gasteiger partial charge in [-0.15, -0.1) is 0 Å². The Kier molecular flexibility index (Phi) is 6.44. The molecule has 0 bridgehead atoms. The summed E-state index contributed by atoms with van der Waals surface area (Å²) < 4.78 is 30.7. The summed E-state index contributed by atoms with van der Waals surface area (Å²) >= 11 is 0. The molecule has 0 unspecified atom stereocenters. The van der Waals surface area contributed by atoms with Crippen molar-refractivity contribution in [3.05, 3.63) is 24.5 Å². The average molecular weight is 357 g/mol. The molecule has 1 rings (SSSR count). The Morgan fingerprint density at radius 2 is 1.83 bits per heavy atom. The molecule has 8 nitrogen and oxygen atoms in total. The number of sulfonamides is 1. The molecule has 1 aromatic heterocycles. The second kappa shape index (κ2) is 7.71. The van der Waals surface area contributed by atoms with Gasteiger partial charge in [-0.3, -0.25) is 14.6 Å². The smallest absolute Gasteiger partial charge is 0.326 e. The lowest BCUT2D eigenvalue weighted by Crippen LogP contribution is -2.42. The Bertz CT molecular complexity index is 683. The molecule has 1 heterocycles. The molecule has 0 spiro atoms. The van der Waals surface area contributed by atoms with E-state index in [2.05, 4.69) is 4.98 Å². The lowest BCUT2D eigenvalue weighted by Gasteiger charge is -2.24. The summed E-state index contributed by atoms with van der Waals surface area (Å²) in [5, 5.41) is 0. The number of aromatic nitrogens is 1. The standard InChI is InChI=1S/C15H23N3O5S/c1-15(2,3)23-14(20)11-17(4)13(19)10-18(5)24(21,22)12-7-6-8-16-9-12/h6-9H,10-11H2,1-5H3. The topological polar surface area (TPSA) is 96.9 Å². The maximum absolute atomic E-state index is 12.3. The van der Waals surface area contributed by atoms with Gasteiger partial charge >= 0.3 is 5.97 Å². The van der Waals surface area contributed by atoms with Crippen LogP contribution in [0.1, 0.15) is 20.8 Å². The minimum Gasteiger partial charge on any atom is -0.459 e. The van der Waals surface area contributed by atoms with E-state index >= 15 is 0 Å². The van der Waals surface area contributed by atoms with E-state index in [0.717, 1.165) is 9.21 Å². The fraction of sp³-hybridized carbons (Fsp3) is 0.533. The zero-order valence-corrected chi connectivity index (χ0v) is 15.3. The zero-order valence-electron chi connectivity index (χ0n) is 14.5. The van der Waals surface area contributed by atoms with Gasteiger partial charge in [0.25, 0.3) is 0 Å². The summed E-state index contributed by atoms with van der Waals surface area (Å²) in [4.78, 5) is 28.7. The van der Waals surface area contributed by atoms with E-state index in [9.17, 15) is 18.0 Å². The minimum absolute atomic E-state index is 0.00454. The van der Waals surface area contributed by atoms with Gasteiger partial charge in [-0.05, 0) is 32.9 Å². The van der Waals surface area contributed by atoms with Gasteiger partial charge in [0.05, 0.1) is 6.54 Å². The van der Waals surface area contributed by atoms with Crippen LogP contribution in [0.5, 0.6) is 0 Å². The van der Waals surface area contributed by atoms with Crippen LogP contribution in [0, 0.1) is 0 Å². The lowest BCUT2D eigenvalue weighted by molar-refractivity contribution is -0.158. The SMILES string of the molecule is CN(CC(=O)OC(C)(C)C)C(=O)CN(C)S(=O)(=O)c1cccnc1. The van der Waals surface area contributed by atoms with E-state index in [-0.39, 0.29) is 11.4 Å². The Labute approximate surface area is 142 Å². The van der Waals surface area contributed by atoms with E-state index in [4.69, 9.17) is 4.74 Å². The van der Waals surface area contributed by atoms with Gasteiger partial charge in [-0.25, -0.2) is 8.42 Å². The minimum atomic E-state index is -3.82. The van der Waals surface area contributed by atoms with Gasteiger partial charge in [0.1, 0.15) is 17.0 Å². The van der Waals surface area contributed by atoms with Crippen LogP contribution >= 0.6 is 0 Å². The summed E-state index contributed by atoms with van der Waals surface area (Å²) in [5.41, 5.74) is -0.651. The second-order valence-corrected chi connectivity index (χ2v) is 8.33. The Morgan fingerprint density at radius 1 is 1.21 bits per heavy atom. The number of hydrogen-bond donors (Lipinski definition) is 0. The van der Waals surface area contributed by atoms with Crippen LogP contribution in [-0.4, -0.2) is 67.3 Å². The molecule has 1 aromatic rings. The third kappa shape index (κ3) is 5.89. The van der Waals surface area contributed by atoms with E-state index in [1.807, 2.05) is 0 Å². The van der Waals surface area contributed by atoms with E-state index < -0.39 is 34.0 Å². The number of carbonyl (C=O) groups excluding carboxylic acids is 2. The summed E-state index contributed by atoms with van der Waals surface area (Å²) in [6, 6.07) is 2.89. The number of esters is 1. The molecule has 134 valence electrons. The molecule has 0 aliphatic rings. The third-order valence-electron chi connectivity index (χ3n) is 2.91. The number of likely N-dealkylation sites (N-methyl/N-ethyl adjacent to an activating group) is 2. The fourth-order valence-electron chi connectivity index (χ4n) is 1.73. The highest BCUT2D eigenvalue weighted by atomic mass is 32.2. The van der Waals surface area contributed by atoms with Crippen LogP contribution in [0.4, 0.5) is 0 Å². The molecule has 0 atom stereocenters. The monoisotopic (exact) mass is 357 g/mol. The first-order valence-corrected chi connectivity index (χ1v) is 8.69. The van der Waals surface area contributed by atoms with Crippen molar-refractivity contribution >= 4 is 21.9 Å². The molecule has 0 fully saturated rings. The first-order chi connectivity index (χ1) is 10.9. The van der Waals surface area contributed by atoms with Crippen molar-refractivity contribution in [3.63, 3.8) is 0 Å². The highest BCUT2D eigenvalue weighted by Crippen LogP contribution is 2.12.